The first kappa shape index (κ1) is 10.1. The lowest BCUT2D eigenvalue weighted by molar-refractivity contribution is -0.126. The molecule has 0 unspecified atom stereocenters. The molecule has 0 aliphatic heterocycles. The number of aromatic amines is 1. The van der Waals surface area contributed by atoms with Crippen molar-refractivity contribution in [3.8, 4) is 0 Å². The highest BCUT2D eigenvalue weighted by Crippen LogP contribution is 2.23. The molecule has 0 bridgehead atoms. The van der Waals surface area contributed by atoms with E-state index >= 15 is 0 Å². The summed E-state index contributed by atoms with van der Waals surface area (Å²) in [6, 6.07) is 0. The van der Waals surface area contributed by atoms with Crippen LogP contribution in [0.5, 0.6) is 0 Å². The fraction of sp³-hybridized carbons (Fsp3) is 0.700. The summed E-state index contributed by atoms with van der Waals surface area (Å²) in [5.74, 6) is 1.08. The molecule has 1 amide bonds. The maximum atomic E-state index is 11.7. The van der Waals surface area contributed by atoms with Gasteiger partial charge in [-0.25, -0.2) is 4.98 Å². The Morgan fingerprint density at radius 3 is 2.93 bits per heavy atom. The molecule has 2 rings (SSSR count). The smallest absolute Gasteiger partial charge is 0.223 e. The minimum atomic E-state index is 0.158. The molecule has 1 heterocycles. The summed E-state index contributed by atoms with van der Waals surface area (Å²) in [5, 5.41) is 9.33. The Morgan fingerprint density at radius 1 is 1.47 bits per heavy atom. The lowest BCUT2D eigenvalue weighted by Gasteiger charge is -2.20. The Morgan fingerprint density at radius 2 is 2.27 bits per heavy atom. The van der Waals surface area contributed by atoms with Crippen LogP contribution in [-0.4, -0.2) is 21.1 Å². The molecule has 1 saturated carbocycles. The molecule has 15 heavy (non-hydrogen) atoms. The summed E-state index contributed by atoms with van der Waals surface area (Å²) < 4.78 is 0. The maximum Gasteiger partial charge on any atom is 0.223 e. The fourth-order valence-electron chi connectivity index (χ4n) is 2.00. The topological polar surface area (TPSA) is 70.7 Å². The van der Waals surface area contributed by atoms with Crippen LogP contribution in [-0.2, 0) is 11.3 Å². The van der Waals surface area contributed by atoms with E-state index in [-0.39, 0.29) is 11.8 Å². The second-order valence-corrected chi connectivity index (χ2v) is 3.98. The second kappa shape index (κ2) is 4.91. The number of nitrogens with zero attached hydrogens (tertiary/aromatic N) is 2. The molecule has 1 fully saturated rings. The lowest BCUT2D eigenvalue weighted by atomic mass is 9.89. The summed E-state index contributed by atoms with van der Waals surface area (Å²) in [7, 11) is 0. The van der Waals surface area contributed by atoms with Crippen molar-refractivity contribution in [1.29, 1.82) is 0 Å². The maximum absolute atomic E-state index is 11.7. The predicted molar refractivity (Wildman–Crippen MR) is 54.8 cm³/mol. The van der Waals surface area contributed by atoms with E-state index in [1.807, 2.05) is 0 Å². The molecule has 0 spiro atoms. The van der Waals surface area contributed by atoms with Crippen molar-refractivity contribution >= 4 is 5.91 Å². The molecular formula is C10H16N4O. The number of hydrogen-bond donors (Lipinski definition) is 2. The quantitative estimate of drug-likeness (QED) is 0.778. The minimum absolute atomic E-state index is 0.158. The molecular weight excluding hydrogens is 192 g/mol. The van der Waals surface area contributed by atoms with Gasteiger partial charge in [-0.1, -0.05) is 19.3 Å². The Kier molecular flexibility index (Phi) is 3.32. The van der Waals surface area contributed by atoms with Crippen molar-refractivity contribution in [2.75, 3.05) is 0 Å². The first-order valence-corrected chi connectivity index (χ1v) is 5.48. The molecule has 82 valence electrons. The van der Waals surface area contributed by atoms with Crippen LogP contribution >= 0.6 is 0 Å². The first-order chi connectivity index (χ1) is 7.36. The van der Waals surface area contributed by atoms with Crippen LogP contribution in [0.2, 0.25) is 0 Å². The van der Waals surface area contributed by atoms with E-state index in [0.29, 0.717) is 12.4 Å². The molecule has 1 aromatic heterocycles. The highest BCUT2D eigenvalue weighted by Gasteiger charge is 2.20. The lowest BCUT2D eigenvalue weighted by Crippen LogP contribution is -2.31. The number of hydrogen-bond acceptors (Lipinski definition) is 3. The largest absolute Gasteiger partial charge is 0.349 e. The molecule has 0 atom stereocenters. The number of amides is 1. The van der Waals surface area contributed by atoms with Crippen LogP contribution in [0.15, 0.2) is 6.33 Å². The highest BCUT2D eigenvalue weighted by atomic mass is 16.1. The van der Waals surface area contributed by atoms with Gasteiger partial charge in [-0.15, -0.1) is 0 Å². The molecule has 0 aromatic carbocycles. The summed E-state index contributed by atoms with van der Waals surface area (Å²) >= 11 is 0. The Balaban J connectivity index is 1.76. The van der Waals surface area contributed by atoms with E-state index in [0.717, 1.165) is 12.8 Å². The first-order valence-electron chi connectivity index (χ1n) is 5.48. The van der Waals surface area contributed by atoms with Crippen molar-refractivity contribution in [3.63, 3.8) is 0 Å². The molecule has 1 aromatic rings. The normalized spacial score (nSPS) is 17.6. The van der Waals surface area contributed by atoms with Gasteiger partial charge in [-0.05, 0) is 12.8 Å². The monoisotopic (exact) mass is 208 g/mol. The Hall–Kier alpha value is -1.39. The van der Waals surface area contributed by atoms with Crippen molar-refractivity contribution < 1.29 is 4.79 Å². The van der Waals surface area contributed by atoms with Crippen molar-refractivity contribution in [2.45, 2.75) is 38.6 Å². The third-order valence-electron chi connectivity index (χ3n) is 2.87. The van der Waals surface area contributed by atoms with Gasteiger partial charge in [0, 0.05) is 5.92 Å². The van der Waals surface area contributed by atoms with Crippen molar-refractivity contribution in [3.05, 3.63) is 12.2 Å². The Bertz CT molecular complexity index is 303. The average molecular weight is 208 g/mol. The van der Waals surface area contributed by atoms with Crippen molar-refractivity contribution in [1.82, 2.24) is 20.5 Å². The van der Waals surface area contributed by atoms with Crippen LogP contribution in [0.3, 0.4) is 0 Å². The van der Waals surface area contributed by atoms with Gasteiger partial charge < -0.3 is 5.32 Å². The van der Waals surface area contributed by atoms with Gasteiger partial charge in [0.2, 0.25) is 5.91 Å². The van der Waals surface area contributed by atoms with Gasteiger partial charge >= 0.3 is 0 Å². The van der Waals surface area contributed by atoms with E-state index < -0.39 is 0 Å². The number of rotatable bonds is 3. The van der Waals surface area contributed by atoms with E-state index in [2.05, 4.69) is 20.5 Å². The molecule has 1 aliphatic rings. The average Bonchev–Trinajstić information content (AvgIpc) is 2.80. The van der Waals surface area contributed by atoms with Gasteiger partial charge in [0.1, 0.15) is 12.2 Å². The third kappa shape index (κ3) is 2.78. The van der Waals surface area contributed by atoms with E-state index in [9.17, 15) is 4.79 Å². The van der Waals surface area contributed by atoms with Crippen LogP contribution in [0.4, 0.5) is 0 Å². The van der Waals surface area contributed by atoms with Gasteiger partial charge in [0.05, 0.1) is 6.54 Å². The number of carbonyl (C=O) groups excluding carboxylic acids is 1. The number of carbonyl (C=O) groups is 1. The second-order valence-electron chi connectivity index (χ2n) is 3.98. The van der Waals surface area contributed by atoms with Crippen molar-refractivity contribution in [2.24, 2.45) is 5.92 Å². The van der Waals surface area contributed by atoms with Crippen LogP contribution < -0.4 is 5.32 Å². The summed E-state index contributed by atoms with van der Waals surface area (Å²) in [4.78, 5) is 15.7. The minimum Gasteiger partial charge on any atom is -0.349 e. The van der Waals surface area contributed by atoms with Crippen LogP contribution in [0, 0.1) is 5.92 Å². The zero-order valence-electron chi connectivity index (χ0n) is 8.70. The van der Waals surface area contributed by atoms with Gasteiger partial charge in [-0.2, -0.15) is 5.10 Å². The predicted octanol–water partition coefficient (Wildman–Crippen LogP) is 1.00. The molecule has 5 nitrogen and oxygen atoms in total. The van der Waals surface area contributed by atoms with Crippen LogP contribution in [0.25, 0.3) is 0 Å². The van der Waals surface area contributed by atoms with Gasteiger partial charge in [0.15, 0.2) is 0 Å². The van der Waals surface area contributed by atoms with Gasteiger partial charge in [0.25, 0.3) is 0 Å². The SMILES string of the molecule is O=C(NCc1ncn[nH]1)C1CCCCC1. The van der Waals surface area contributed by atoms with Crippen LogP contribution in [0.1, 0.15) is 37.9 Å². The molecule has 5 heteroatoms. The molecule has 2 N–H and O–H groups in total. The van der Waals surface area contributed by atoms with E-state index in [1.165, 1.54) is 25.6 Å². The number of H-pyrrole nitrogens is 1. The molecule has 0 saturated heterocycles. The number of aromatic nitrogens is 3. The zero-order valence-corrected chi connectivity index (χ0v) is 8.70. The Labute approximate surface area is 88.7 Å². The van der Waals surface area contributed by atoms with Gasteiger partial charge in [-0.3, -0.25) is 9.89 Å². The third-order valence-corrected chi connectivity index (χ3v) is 2.87. The zero-order chi connectivity index (χ0) is 10.5. The number of nitrogens with one attached hydrogen (secondary N) is 2. The van der Waals surface area contributed by atoms with E-state index in [1.54, 1.807) is 0 Å². The molecule has 0 radical (unpaired) electrons. The summed E-state index contributed by atoms with van der Waals surface area (Å²) in [5.41, 5.74) is 0. The highest BCUT2D eigenvalue weighted by molar-refractivity contribution is 5.78. The summed E-state index contributed by atoms with van der Waals surface area (Å²) in [6.45, 7) is 0.454. The summed E-state index contributed by atoms with van der Waals surface area (Å²) in [6.07, 6.45) is 7.14. The van der Waals surface area contributed by atoms with E-state index in [4.69, 9.17) is 0 Å². The molecule has 1 aliphatic carbocycles. The standard InChI is InChI=1S/C10H16N4O/c15-10(8-4-2-1-3-5-8)11-6-9-12-7-13-14-9/h7-8H,1-6H2,(H,11,15)(H,12,13,14). The fourth-order valence-corrected chi connectivity index (χ4v) is 2.00.